The van der Waals surface area contributed by atoms with Gasteiger partial charge in [-0.1, -0.05) is 0 Å². The number of hydrogen-bond acceptors (Lipinski definition) is 6. The number of carbonyl (C=O) groups is 2. The van der Waals surface area contributed by atoms with E-state index < -0.39 is 6.03 Å². The summed E-state index contributed by atoms with van der Waals surface area (Å²) in [5.41, 5.74) is 1.95. The van der Waals surface area contributed by atoms with Crippen LogP contribution < -0.4 is 15.4 Å². The van der Waals surface area contributed by atoms with Crippen LogP contribution in [0.2, 0.25) is 0 Å². The van der Waals surface area contributed by atoms with Crippen molar-refractivity contribution in [1.82, 2.24) is 24.8 Å². The lowest BCUT2D eigenvalue weighted by molar-refractivity contribution is 0.0659. The lowest BCUT2D eigenvalue weighted by atomic mass is 10.2. The first-order valence-electron chi connectivity index (χ1n) is 11.4. The van der Waals surface area contributed by atoms with Crippen molar-refractivity contribution < 1.29 is 18.7 Å². The molecule has 3 N–H and O–H groups in total. The van der Waals surface area contributed by atoms with Crippen molar-refractivity contribution >= 4 is 34.3 Å². The summed E-state index contributed by atoms with van der Waals surface area (Å²) in [6, 6.07) is 13.4. The molecule has 1 saturated heterocycles. The molecule has 0 saturated carbocycles. The predicted octanol–water partition coefficient (Wildman–Crippen LogP) is 3.92. The van der Waals surface area contributed by atoms with Crippen molar-refractivity contribution in [3.63, 3.8) is 0 Å². The highest BCUT2D eigenvalue weighted by atomic mass is 19.1. The van der Waals surface area contributed by atoms with Gasteiger partial charge in [-0.2, -0.15) is 0 Å². The van der Waals surface area contributed by atoms with Gasteiger partial charge in [0.05, 0.1) is 5.39 Å². The number of aromatic amines is 1. The van der Waals surface area contributed by atoms with Crippen LogP contribution in [-0.2, 0) is 0 Å². The summed E-state index contributed by atoms with van der Waals surface area (Å²) < 4.78 is 19.0. The highest BCUT2D eigenvalue weighted by Gasteiger charge is 2.23. The second-order valence-electron chi connectivity index (χ2n) is 8.43. The third-order valence-corrected chi connectivity index (χ3v) is 5.84. The molecule has 1 aliphatic rings. The Bertz CT molecular complexity index is 1380. The number of halogens is 1. The molecular weight excluding hydrogens is 465 g/mol. The van der Waals surface area contributed by atoms with Crippen LogP contribution in [0.5, 0.6) is 11.6 Å². The van der Waals surface area contributed by atoms with E-state index in [1.165, 1.54) is 30.6 Å². The van der Waals surface area contributed by atoms with Crippen LogP contribution in [0.4, 0.5) is 20.6 Å². The first-order chi connectivity index (χ1) is 17.4. The number of carbonyl (C=O) groups excluding carboxylic acids is 2. The summed E-state index contributed by atoms with van der Waals surface area (Å²) in [5, 5.41) is 5.92. The molecule has 0 spiro atoms. The van der Waals surface area contributed by atoms with E-state index in [9.17, 15) is 14.0 Å². The highest BCUT2D eigenvalue weighted by Crippen LogP contribution is 2.28. The fourth-order valence-corrected chi connectivity index (χ4v) is 3.84. The van der Waals surface area contributed by atoms with E-state index in [0.717, 1.165) is 13.1 Å². The van der Waals surface area contributed by atoms with Crippen LogP contribution in [0.25, 0.3) is 11.0 Å². The second kappa shape index (κ2) is 10.0. The maximum absolute atomic E-state index is 13.0. The largest absolute Gasteiger partial charge is 0.438 e. The van der Waals surface area contributed by atoms with Crippen LogP contribution >= 0.6 is 0 Å². The fraction of sp³-hybridized carbons (Fsp3) is 0.200. The number of benzene rings is 2. The normalized spacial score (nSPS) is 14.0. The number of anilines is 2. The van der Waals surface area contributed by atoms with E-state index in [1.54, 1.807) is 30.3 Å². The van der Waals surface area contributed by atoms with Gasteiger partial charge in [-0.15, -0.1) is 0 Å². The molecule has 0 atom stereocenters. The first kappa shape index (κ1) is 23.2. The summed E-state index contributed by atoms with van der Waals surface area (Å²) in [6.45, 7) is 3.00. The molecule has 4 aromatic rings. The number of nitrogens with one attached hydrogen (secondary N) is 3. The molecule has 2 aromatic carbocycles. The summed E-state index contributed by atoms with van der Waals surface area (Å²) in [7, 11) is 2.04. The van der Waals surface area contributed by atoms with Crippen molar-refractivity contribution in [2.75, 3.05) is 43.9 Å². The molecule has 0 aliphatic carbocycles. The maximum Gasteiger partial charge on any atom is 0.323 e. The molecule has 10 nitrogen and oxygen atoms in total. The summed E-state index contributed by atoms with van der Waals surface area (Å²) >= 11 is 0. The molecule has 5 rings (SSSR count). The van der Waals surface area contributed by atoms with Gasteiger partial charge in [0.15, 0.2) is 0 Å². The lowest BCUT2D eigenvalue weighted by Gasteiger charge is -2.32. The van der Waals surface area contributed by atoms with Crippen LogP contribution in [0.15, 0.2) is 60.9 Å². The minimum atomic E-state index is -0.461. The monoisotopic (exact) mass is 489 g/mol. The summed E-state index contributed by atoms with van der Waals surface area (Å²) in [4.78, 5) is 40.6. The van der Waals surface area contributed by atoms with Crippen molar-refractivity contribution in [3.8, 4) is 11.6 Å². The molecule has 1 fully saturated rings. The Labute approximate surface area is 206 Å². The Balaban J connectivity index is 1.25. The third-order valence-electron chi connectivity index (χ3n) is 5.84. The molecule has 184 valence electrons. The number of ether oxygens (including phenoxy) is 1. The van der Waals surface area contributed by atoms with E-state index in [4.69, 9.17) is 4.74 Å². The van der Waals surface area contributed by atoms with Crippen LogP contribution in [0, 0.1) is 5.82 Å². The van der Waals surface area contributed by atoms with Crippen LogP contribution in [0.1, 0.15) is 10.5 Å². The van der Waals surface area contributed by atoms with Gasteiger partial charge in [0, 0.05) is 37.6 Å². The zero-order valence-electron chi connectivity index (χ0n) is 19.5. The maximum atomic E-state index is 13.0. The van der Waals surface area contributed by atoms with Crippen molar-refractivity contribution in [3.05, 3.63) is 72.4 Å². The van der Waals surface area contributed by atoms with Gasteiger partial charge in [-0.05, 0) is 61.6 Å². The Morgan fingerprint density at radius 3 is 2.25 bits per heavy atom. The smallest absolute Gasteiger partial charge is 0.323 e. The molecule has 2 aromatic heterocycles. The summed E-state index contributed by atoms with van der Waals surface area (Å²) in [5.74, 6) is 0.340. The van der Waals surface area contributed by atoms with Gasteiger partial charge in [-0.25, -0.2) is 19.2 Å². The number of fused-ring (bicyclic) bond motifs is 1. The van der Waals surface area contributed by atoms with Crippen LogP contribution in [-0.4, -0.2) is 69.9 Å². The average Bonchev–Trinajstić information content (AvgIpc) is 3.32. The standard InChI is InChI=1S/C25H24FN7O3/c1-32-10-12-33(13-11-32)24(34)21-14-20-22(31-21)27-15-28-23(20)36-19-8-6-18(7-9-19)30-25(35)29-17-4-2-16(26)3-5-17/h2-9,14-15H,10-13H2,1H3,(H,27,28,31)(H2,29,30,35). The third kappa shape index (κ3) is 5.26. The number of hydrogen-bond donors (Lipinski definition) is 3. The minimum Gasteiger partial charge on any atom is -0.438 e. The molecule has 3 amide bonds. The zero-order valence-corrected chi connectivity index (χ0v) is 19.5. The molecule has 0 unspecified atom stereocenters. The number of piperazine rings is 1. The lowest BCUT2D eigenvalue weighted by Crippen LogP contribution is -2.47. The van der Waals surface area contributed by atoms with Crippen LogP contribution in [0.3, 0.4) is 0 Å². The predicted molar refractivity (Wildman–Crippen MR) is 133 cm³/mol. The van der Waals surface area contributed by atoms with E-state index in [2.05, 4.69) is 30.5 Å². The quantitative estimate of drug-likeness (QED) is 0.391. The van der Waals surface area contributed by atoms with Gasteiger partial charge in [0.2, 0.25) is 5.88 Å². The molecule has 0 radical (unpaired) electrons. The second-order valence-corrected chi connectivity index (χ2v) is 8.43. The molecule has 36 heavy (non-hydrogen) atoms. The van der Waals surface area contributed by atoms with Gasteiger partial charge in [-0.3, -0.25) is 4.79 Å². The number of amides is 3. The van der Waals surface area contributed by atoms with Crippen molar-refractivity contribution in [2.24, 2.45) is 0 Å². The van der Waals surface area contributed by atoms with E-state index in [0.29, 0.717) is 52.8 Å². The van der Waals surface area contributed by atoms with E-state index in [-0.39, 0.29) is 11.7 Å². The van der Waals surface area contributed by atoms with Gasteiger partial charge in [0.25, 0.3) is 5.91 Å². The Hall–Kier alpha value is -4.51. The molecule has 11 heteroatoms. The number of nitrogens with zero attached hydrogens (tertiary/aromatic N) is 4. The van der Waals surface area contributed by atoms with Crippen molar-refractivity contribution in [2.45, 2.75) is 0 Å². The zero-order chi connectivity index (χ0) is 25.1. The Morgan fingerprint density at radius 2 is 1.58 bits per heavy atom. The topological polar surface area (TPSA) is 115 Å². The number of H-pyrrole nitrogens is 1. The number of likely N-dealkylation sites (N-methyl/N-ethyl adjacent to an activating group) is 1. The van der Waals surface area contributed by atoms with Gasteiger partial charge in [0.1, 0.15) is 29.2 Å². The minimum absolute atomic E-state index is 0.0820. The van der Waals surface area contributed by atoms with E-state index >= 15 is 0 Å². The Morgan fingerprint density at radius 1 is 0.944 bits per heavy atom. The van der Waals surface area contributed by atoms with Gasteiger partial charge < -0.3 is 30.2 Å². The highest BCUT2D eigenvalue weighted by molar-refractivity contribution is 6.00. The molecule has 1 aliphatic heterocycles. The number of urea groups is 1. The molecule has 3 heterocycles. The van der Waals surface area contributed by atoms with E-state index in [1.807, 2.05) is 11.9 Å². The number of rotatable bonds is 5. The van der Waals surface area contributed by atoms with Gasteiger partial charge >= 0.3 is 6.03 Å². The van der Waals surface area contributed by atoms with Crippen molar-refractivity contribution in [1.29, 1.82) is 0 Å². The average molecular weight is 490 g/mol. The molecular formula is C25H24FN7O3. The SMILES string of the molecule is CN1CCN(C(=O)c2cc3c(Oc4ccc(NC(=O)Nc5ccc(F)cc5)cc4)ncnc3[nH]2)CC1. The molecule has 0 bridgehead atoms. The first-order valence-corrected chi connectivity index (χ1v) is 11.4. The Kier molecular flexibility index (Phi) is 6.46. The number of aromatic nitrogens is 3. The fourth-order valence-electron chi connectivity index (χ4n) is 3.84. The summed E-state index contributed by atoms with van der Waals surface area (Å²) in [6.07, 6.45) is 1.37.